The maximum absolute atomic E-state index is 12.9. The van der Waals surface area contributed by atoms with Crippen molar-refractivity contribution in [2.24, 2.45) is 0 Å². The molecular formula is C16H15ClN2O5S2. The molecule has 0 unspecified atom stereocenters. The number of hydrogen-bond acceptors (Lipinski definition) is 5. The average molecular weight is 415 g/mol. The summed E-state index contributed by atoms with van der Waals surface area (Å²) in [4.78, 5) is 14.4. The van der Waals surface area contributed by atoms with Gasteiger partial charge < -0.3 is 4.90 Å². The Morgan fingerprint density at radius 2 is 1.81 bits per heavy atom. The number of benzene rings is 2. The number of sulfonamides is 1. The molecule has 1 aliphatic rings. The molecule has 0 radical (unpaired) electrons. The van der Waals surface area contributed by atoms with Crippen LogP contribution in [0.2, 0.25) is 0 Å². The number of carbonyl (C=O) groups excluding carboxylic acids is 1. The van der Waals surface area contributed by atoms with E-state index in [0.29, 0.717) is 24.2 Å². The van der Waals surface area contributed by atoms with Crippen molar-refractivity contribution in [2.75, 3.05) is 22.4 Å². The molecule has 2 aromatic rings. The standard InChI is InChI=1S/C16H15ClN2O5S2/c1-25(21,22)18-14-5-3-2-4-13(14)16(20)19-9-8-11-10-12(26(17,23)24)6-7-15(11)19/h2-7,10,18H,8-9H2,1H3. The van der Waals surface area contributed by atoms with Gasteiger partial charge in [0.05, 0.1) is 22.4 Å². The van der Waals surface area contributed by atoms with Crippen molar-refractivity contribution in [3.63, 3.8) is 0 Å². The lowest BCUT2D eigenvalue weighted by Crippen LogP contribution is -2.30. The van der Waals surface area contributed by atoms with E-state index >= 15 is 0 Å². The number of hydrogen-bond donors (Lipinski definition) is 1. The second kappa shape index (κ2) is 6.57. The summed E-state index contributed by atoms with van der Waals surface area (Å²) in [5.41, 5.74) is 1.66. The molecular weight excluding hydrogens is 400 g/mol. The summed E-state index contributed by atoms with van der Waals surface area (Å²) < 4.78 is 48.3. The van der Waals surface area contributed by atoms with E-state index < -0.39 is 19.1 Å². The molecule has 138 valence electrons. The molecule has 2 aromatic carbocycles. The monoisotopic (exact) mass is 414 g/mol. The molecule has 10 heteroatoms. The Bertz CT molecular complexity index is 1100. The van der Waals surface area contributed by atoms with E-state index in [4.69, 9.17) is 10.7 Å². The fraction of sp³-hybridized carbons (Fsp3) is 0.188. The minimum atomic E-state index is -3.85. The van der Waals surface area contributed by atoms with E-state index in [0.717, 1.165) is 6.26 Å². The Morgan fingerprint density at radius 1 is 1.12 bits per heavy atom. The summed E-state index contributed by atoms with van der Waals surface area (Å²) in [7, 11) is -2.03. The van der Waals surface area contributed by atoms with Crippen molar-refractivity contribution in [3.8, 4) is 0 Å². The zero-order chi connectivity index (χ0) is 19.1. The number of para-hydroxylation sites is 1. The van der Waals surface area contributed by atoms with Crippen LogP contribution >= 0.6 is 10.7 Å². The van der Waals surface area contributed by atoms with Gasteiger partial charge >= 0.3 is 0 Å². The number of nitrogens with one attached hydrogen (secondary N) is 1. The molecule has 0 aromatic heterocycles. The van der Waals surface area contributed by atoms with Gasteiger partial charge in [0, 0.05) is 22.9 Å². The highest BCUT2D eigenvalue weighted by Gasteiger charge is 2.28. The van der Waals surface area contributed by atoms with Crippen LogP contribution in [0.4, 0.5) is 11.4 Å². The highest BCUT2D eigenvalue weighted by atomic mass is 35.7. The molecule has 3 rings (SSSR count). The molecule has 0 bridgehead atoms. The minimum Gasteiger partial charge on any atom is -0.308 e. The molecule has 26 heavy (non-hydrogen) atoms. The third kappa shape index (κ3) is 3.84. The predicted octanol–water partition coefficient (Wildman–Crippen LogP) is 2.19. The largest absolute Gasteiger partial charge is 0.308 e. The smallest absolute Gasteiger partial charge is 0.261 e. The molecule has 0 fully saturated rings. The number of carbonyl (C=O) groups is 1. The summed E-state index contributed by atoms with van der Waals surface area (Å²) in [5, 5.41) is 0. The van der Waals surface area contributed by atoms with Crippen LogP contribution in [-0.2, 0) is 25.5 Å². The fourth-order valence-corrected chi connectivity index (χ4v) is 4.22. The zero-order valence-corrected chi connectivity index (χ0v) is 16.0. The first kappa shape index (κ1) is 18.7. The van der Waals surface area contributed by atoms with Gasteiger partial charge in [-0.05, 0) is 42.3 Å². The molecule has 0 aliphatic carbocycles. The van der Waals surface area contributed by atoms with Crippen LogP contribution in [0.25, 0.3) is 0 Å². The van der Waals surface area contributed by atoms with Crippen molar-refractivity contribution in [3.05, 3.63) is 53.6 Å². The van der Waals surface area contributed by atoms with E-state index in [2.05, 4.69) is 4.72 Å². The van der Waals surface area contributed by atoms with E-state index in [1.807, 2.05) is 0 Å². The Morgan fingerprint density at radius 3 is 2.46 bits per heavy atom. The summed E-state index contributed by atoms with van der Waals surface area (Å²) in [5.74, 6) is -0.378. The molecule has 1 amide bonds. The van der Waals surface area contributed by atoms with Crippen molar-refractivity contribution in [1.29, 1.82) is 0 Å². The molecule has 1 aliphatic heterocycles. The van der Waals surface area contributed by atoms with Crippen molar-refractivity contribution >= 4 is 47.0 Å². The average Bonchev–Trinajstić information content (AvgIpc) is 2.95. The fourth-order valence-electron chi connectivity index (χ4n) is 2.84. The quantitative estimate of drug-likeness (QED) is 0.773. The lowest BCUT2D eigenvalue weighted by atomic mass is 10.1. The van der Waals surface area contributed by atoms with Gasteiger partial charge in [0.1, 0.15) is 0 Å². The lowest BCUT2D eigenvalue weighted by Gasteiger charge is -2.19. The van der Waals surface area contributed by atoms with Crippen molar-refractivity contribution in [1.82, 2.24) is 0 Å². The summed E-state index contributed by atoms with van der Waals surface area (Å²) in [6.07, 6.45) is 1.48. The second-order valence-corrected chi connectivity index (χ2v) is 10.2. The summed E-state index contributed by atoms with van der Waals surface area (Å²) >= 11 is 0. The number of rotatable bonds is 4. The molecule has 1 N–H and O–H groups in total. The molecule has 1 heterocycles. The first-order valence-corrected chi connectivity index (χ1v) is 11.7. The van der Waals surface area contributed by atoms with Gasteiger partial charge in [0.15, 0.2) is 0 Å². The van der Waals surface area contributed by atoms with Gasteiger partial charge in [-0.15, -0.1) is 0 Å². The maximum atomic E-state index is 12.9. The van der Waals surface area contributed by atoms with Gasteiger partial charge in [-0.2, -0.15) is 0 Å². The highest BCUT2D eigenvalue weighted by molar-refractivity contribution is 8.13. The maximum Gasteiger partial charge on any atom is 0.261 e. The van der Waals surface area contributed by atoms with E-state index in [-0.39, 0.29) is 22.1 Å². The Hall–Kier alpha value is -2.10. The van der Waals surface area contributed by atoms with Crippen molar-refractivity contribution < 1.29 is 21.6 Å². The first-order valence-electron chi connectivity index (χ1n) is 7.52. The normalized spacial score (nSPS) is 14.2. The van der Waals surface area contributed by atoms with Crippen LogP contribution in [0.5, 0.6) is 0 Å². The van der Waals surface area contributed by atoms with E-state index in [1.165, 1.54) is 35.2 Å². The second-order valence-electron chi connectivity index (χ2n) is 5.85. The highest BCUT2D eigenvalue weighted by Crippen LogP contribution is 2.33. The summed E-state index contributed by atoms with van der Waals surface area (Å²) in [6.45, 7) is 0.354. The molecule has 0 saturated heterocycles. The Kier molecular flexibility index (Phi) is 4.72. The van der Waals surface area contributed by atoms with Gasteiger partial charge in [0.2, 0.25) is 10.0 Å². The number of amides is 1. The number of nitrogens with zero attached hydrogens (tertiary/aromatic N) is 1. The zero-order valence-electron chi connectivity index (χ0n) is 13.6. The van der Waals surface area contributed by atoms with Crippen LogP contribution in [0.3, 0.4) is 0 Å². The third-order valence-corrected chi connectivity index (χ3v) is 5.87. The predicted molar refractivity (Wildman–Crippen MR) is 99.8 cm³/mol. The van der Waals surface area contributed by atoms with E-state index in [1.54, 1.807) is 12.1 Å². The van der Waals surface area contributed by atoms with Crippen LogP contribution in [0.1, 0.15) is 15.9 Å². The molecule has 0 atom stereocenters. The number of anilines is 2. The lowest BCUT2D eigenvalue weighted by molar-refractivity contribution is 0.0990. The van der Waals surface area contributed by atoms with Crippen LogP contribution in [-0.4, -0.2) is 35.5 Å². The van der Waals surface area contributed by atoms with Gasteiger partial charge in [-0.1, -0.05) is 12.1 Å². The number of halogens is 1. The summed E-state index contributed by atoms with van der Waals surface area (Å²) in [6, 6.07) is 10.6. The van der Waals surface area contributed by atoms with Crippen molar-refractivity contribution in [2.45, 2.75) is 11.3 Å². The molecule has 0 spiro atoms. The molecule has 0 saturated carbocycles. The van der Waals surface area contributed by atoms with Crippen LogP contribution in [0, 0.1) is 0 Å². The Balaban J connectivity index is 1.98. The van der Waals surface area contributed by atoms with Crippen LogP contribution < -0.4 is 9.62 Å². The van der Waals surface area contributed by atoms with Crippen LogP contribution in [0.15, 0.2) is 47.4 Å². The Labute approximate surface area is 156 Å². The SMILES string of the molecule is CS(=O)(=O)Nc1ccccc1C(=O)N1CCc2cc(S(=O)(=O)Cl)ccc21. The first-order chi connectivity index (χ1) is 12.1. The van der Waals surface area contributed by atoms with E-state index in [9.17, 15) is 21.6 Å². The van der Waals surface area contributed by atoms with Gasteiger partial charge in [-0.3, -0.25) is 9.52 Å². The third-order valence-electron chi connectivity index (χ3n) is 3.93. The van der Waals surface area contributed by atoms with Gasteiger partial charge in [-0.25, -0.2) is 16.8 Å². The number of fused-ring (bicyclic) bond motifs is 1. The van der Waals surface area contributed by atoms with Gasteiger partial charge in [0.25, 0.3) is 15.0 Å². The molecule has 7 nitrogen and oxygen atoms in total. The topological polar surface area (TPSA) is 101 Å². The minimum absolute atomic E-state index is 0.0219.